The minimum absolute atomic E-state index is 0.0921. The molecule has 0 aliphatic carbocycles. The Morgan fingerprint density at radius 2 is 2.21 bits per heavy atom. The number of ether oxygens (including phenoxy) is 1. The van der Waals surface area contributed by atoms with Crippen molar-refractivity contribution in [2.75, 3.05) is 31.0 Å². The molecule has 1 amide bonds. The summed E-state index contributed by atoms with van der Waals surface area (Å²) >= 11 is 0. The van der Waals surface area contributed by atoms with E-state index in [1.165, 1.54) is 13.4 Å². The van der Waals surface area contributed by atoms with Crippen LogP contribution in [0.3, 0.4) is 0 Å². The van der Waals surface area contributed by atoms with Gasteiger partial charge in [0.25, 0.3) is 0 Å². The zero-order chi connectivity index (χ0) is 14.4. The molecule has 0 saturated heterocycles. The first kappa shape index (κ1) is 15.0. The second-order valence-electron chi connectivity index (χ2n) is 4.30. The summed E-state index contributed by atoms with van der Waals surface area (Å²) in [4.78, 5) is 21.4. The summed E-state index contributed by atoms with van der Waals surface area (Å²) in [6, 6.07) is 0.0921. The fourth-order valence-corrected chi connectivity index (χ4v) is 1.59. The highest BCUT2D eigenvalue weighted by Crippen LogP contribution is 2.30. The molecule has 0 aromatic carbocycles. The SMILES string of the molecule is COc1c(NN)ncnc1N(C)CC(=O)NC(C)C. The monoisotopic (exact) mass is 268 g/mol. The van der Waals surface area contributed by atoms with E-state index in [-0.39, 0.29) is 18.5 Å². The van der Waals surface area contributed by atoms with Crippen LogP contribution in [0, 0.1) is 0 Å². The number of nitrogens with one attached hydrogen (secondary N) is 2. The molecule has 4 N–H and O–H groups in total. The van der Waals surface area contributed by atoms with E-state index in [0.29, 0.717) is 17.4 Å². The van der Waals surface area contributed by atoms with Gasteiger partial charge in [-0.15, -0.1) is 0 Å². The minimum atomic E-state index is -0.0968. The number of likely N-dealkylation sites (N-methyl/N-ethyl adjacent to an activating group) is 1. The number of nitrogen functional groups attached to an aromatic ring is 1. The van der Waals surface area contributed by atoms with Crippen LogP contribution in [0.1, 0.15) is 13.8 Å². The van der Waals surface area contributed by atoms with Gasteiger partial charge in [-0.1, -0.05) is 0 Å². The molecule has 0 spiro atoms. The summed E-state index contributed by atoms with van der Waals surface area (Å²) in [6.45, 7) is 3.97. The van der Waals surface area contributed by atoms with E-state index < -0.39 is 0 Å². The molecule has 19 heavy (non-hydrogen) atoms. The Labute approximate surface area is 112 Å². The topological polar surface area (TPSA) is 105 Å². The van der Waals surface area contributed by atoms with E-state index in [0.717, 1.165) is 0 Å². The molecule has 1 aromatic heterocycles. The molecule has 0 radical (unpaired) electrons. The lowest BCUT2D eigenvalue weighted by Crippen LogP contribution is -2.39. The predicted octanol–water partition coefficient (Wildman–Crippen LogP) is -0.268. The standard InChI is InChI=1S/C11H20N6O2/c1-7(2)15-8(18)5-17(3)11-9(19-4)10(16-12)13-6-14-11/h6-7H,5,12H2,1-4H3,(H,15,18)(H,13,14,16). The molecule has 8 nitrogen and oxygen atoms in total. The first-order valence-electron chi connectivity index (χ1n) is 5.85. The van der Waals surface area contributed by atoms with Gasteiger partial charge in [0, 0.05) is 13.1 Å². The van der Waals surface area contributed by atoms with E-state index >= 15 is 0 Å². The van der Waals surface area contributed by atoms with Crippen molar-refractivity contribution in [1.29, 1.82) is 0 Å². The lowest BCUT2D eigenvalue weighted by atomic mass is 10.3. The Balaban J connectivity index is 2.87. The quantitative estimate of drug-likeness (QED) is 0.482. The molecule has 0 unspecified atom stereocenters. The molecule has 8 heteroatoms. The molecule has 1 heterocycles. The summed E-state index contributed by atoms with van der Waals surface area (Å²) < 4.78 is 5.21. The maximum atomic E-state index is 11.7. The molecule has 0 fully saturated rings. The van der Waals surface area contributed by atoms with Crippen molar-refractivity contribution in [3.63, 3.8) is 0 Å². The molecular weight excluding hydrogens is 248 g/mol. The number of carbonyl (C=O) groups excluding carboxylic acids is 1. The number of hydrazine groups is 1. The van der Waals surface area contributed by atoms with Crippen molar-refractivity contribution in [3.05, 3.63) is 6.33 Å². The Bertz CT molecular complexity index is 437. The fraction of sp³-hybridized carbons (Fsp3) is 0.545. The van der Waals surface area contributed by atoms with E-state index in [1.807, 2.05) is 13.8 Å². The van der Waals surface area contributed by atoms with Gasteiger partial charge in [-0.3, -0.25) is 4.79 Å². The highest BCUT2D eigenvalue weighted by atomic mass is 16.5. The first-order chi connectivity index (χ1) is 8.99. The van der Waals surface area contributed by atoms with Crippen LogP contribution in [-0.4, -0.2) is 42.6 Å². The Kier molecular flexibility index (Phi) is 5.31. The largest absolute Gasteiger partial charge is 0.490 e. The van der Waals surface area contributed by atoms with Crippen LogP contribution in [0.5, 0.6) is 5.75 Å². The van der Waals surface area contributed by atoms with Gasteiger partial charge in [0.1, 0.15) is 6.33 Å². The Morgan fingerprint density at radius 1 is 1.53 bits per heavy atom. The third-order valence-electron chi connectivity index (χ3n) is 2.32. The van der Waals surface area contributed by atoms with Crippen molar-refractivity contribution in [1.82, 2.24) is 15.3 Å². The lowest BCUT2D eigenvalue weighted by molar-refractivity contribution is -0.120. The van der Waals surface area contributed by atoms with Crippen LogP contribution in [-0.2, 0) is 4.79 Å². The number of anilines is 2. The highest BCUT2D eigenvalue weighted by Gasteiger charge is 2.17. The van der Waals surface area contributed by atoms with E-state index in [9.17, 15) is 4.79 Å². The van der Waals surface area contributed by atoms with Crippen LogP contribution in [0.15, 0.2) is 6.33 Å². The van der Waals surface area contributed by atoms with Crippen LogP contribution < -0.4 is 26.2 Å². The number of hydrogen-bond acceptors (Lipinski definition) is 7. The Morgan fingerprint density at radius 3 is 2.74 bits per heavy atom. The van der Waals surface area contributed by atoms with Crippen molar-refractivity contribution in [3.8, 4) is 5.75 Å². The average Bonchev–Trinajstić information content (AvgIpc) is 2.36. The third kappa shape index (κ3) is 3.95. The van der Waals surface area contributed by atoms with Crippen LogP contribution in [0.25, 0.3) is 0 Å². The zero-order valence-electron chi connectivity index (χ0n) is 11.6. The first-order valence-corrected chi connectivity index (χ1v) is 5.85. The van der Waals surface area contributed by atoms with Crippen molar-refractivity contribution in [2.45, 2.75) is 19.9 Å². The summed E-state index contributed by atoms with van der Waals surface area (Å²) in [6.07, 6.45) is 1.35. The van der Waals surface area contributed by atoms with Crippen molar-refractivity contribution >= 4 is 17.5 Å². The summed E-state index contributed by atoms with van der Waals surface area (Å²) in [5.41, 5.74) is 2.42. The maximum Gasteiger partial charge on any atom is 0.239 e. The summed E-state index contributed by atoms with van der Waals surface area (Å²) in [7, 11) is 3.23. The average molecular weight is 268 g/mol. The second kappa shape index (κ2) is 6.74. The Hall–Kier alpha value is -2.09. The van der Waals surface area contributed by atoms with Gasteiger partial charge in [0.05, 0.1) is 13.7 Å². The molecule has 0 aliphatic rings. The third-order valence-corrected chi connectivity index (χ3v) is 2.32. The van der Waals surface area contributed by atoms with Gasteiger partial charge in [-0.05, 0) is 13.8 Å². The van der Waals surface area contributed by atoms with E-state index in [1.54, 1.807) is 11.9 Å². The summed E-state index contributed by atoms with van der Waals surface area (Å²) in [5, 5.41) is 2.80. The number of nitrogens with two attached hydrogens (primary N) is 1. The smallest absolute Gasteiger partial charge is 0.239 e. The van der Waals surface area contributed by atoms with Crippen molar-refractivity contribution < 1.29 is 9.53 Å². The van der Waals surface area contributed by atoms with Gasteiger partial charge >= 0.3 is 0 Å². The van der Waals surface area contributed by atoms with Crippen molar-refractivity contribution in [2.24, 2.45) is 5.84 Å². The van der Waals surface area contributed by atoms with Gasteiger partial charge < -0.3 is 20.4 Å². The zero-order valence-corrected chi connectivity index (χ0v) is 11.6. The van der Waals surface area contributed by atoms with E-state index in [2.05, 4.69) is 20.7 Å². The number of methoxy groups -OCH3 is 1. The predicted molar refractivity (Wildman–Crippen MR) is 72.9 cm³/mol. The van der Waals surface area contributed by atoms with Crippen LogP contribution >= 0.6 is 0 Å². The number of hydrogen-bond donors (Lipinski definition) is 3. The molecule has 0 aliphatic heterocycles. The van der Waals surface area contributed by atoms with Gasteiger partial charge in [0.15, 0.2) is 11.6 Å². The molecule has 1 rings (SSSR count). The normalized spacial score (nSPS) is 10.2. The maximum absolute atomic E-state index is 11.7. The minimum Gasteiger partial charge on any atom is -0.490 e. The lowest BCUT2D eigenvalue weighted by Gasteiger charge is -2.21. The van der Waals surface area contributed by atoms with Gasteiger partial charge in [-0.2, -0.15) is 0 Å². The van der Waals surface area contributed by atoms with Gasteiger partial charge in [-0.25, -0.2) is 15.8 Å². The van der Waals surface area contributed by atoms with E-state index in [4.69, 9.17) is 10.6 Å². The van der Waals surface area contributed by atoms with Crippen LogP contribution in [0.2, 0.25) is 0 Å². The number of nitrogens with zero attached hydrogens (tertiary/aromatic N) is 3. The van der Waals surface area contributed by atoms with Gasteiger partial charge in [0.2, 0.25) is 11.7 Å². The fourth-order valence-electron chi connectivity index (χ4n) is 1.59. The number of amides is 1. The molecule has 0 bridgehead atoms. The number of rotatable bonds is 6. The molecule has 0 atom stereocenters. The summed E-state index contributed by atoms with van der Waals surface area (Å²) in [5.74, 6) is 6.50. The number of aromatic nitrogens is 2. The molecule has 0 saturated carbocycles. The van der Waals surface area contributed by atoms with Crippen LogP contribution in [0.4, 0.5) is 11.6 Å². The second-order valence-corrected chi connectivity index (χ2v) is 4.30. The number of carbonyl (C=O) groups is 1. The highest BCUT2D eigenvalue weighted by molar-refractivity contribution is 5.82. The molecular formula is C11H20N6O2. The molecule has 1 aromatic rings. The molecule has 106 valence electrons.